The van der Waals surface area contributed by atoms with E-state index in [0.717, 1.165) is 5.03 Å². The van der Waals surface area contributed by atoms with Gasteiger partial charge in [-0.3, -0.25) is 4.79 Å². The molecule has 0 bridgehead atoms. The van der Waals surface area contributed by atoms with Gasteiger partial charge in [0.15, 0.2) is 0 Å². The molecule has 116 valence electrons. The van der Waals surface area contributed by atoms with Gasteiger partial charge >= 0.3 is 0 Å². The number of hydrogen-bond donors (Lipinski definition) is 2. The average Bonchev–Trinajstić information content (AvgIpc) is 2.47. The van der Waals surface area contributed by atoms with E-state index in [-0.39, 0.29) is 16.6 Å². The maximum atomic E-state index is 11.9. The van der Waals surface area contributed by atoms with Crippen LogP contribution in [0.1, 0.15) is 5.56 Å². The molecular formula is C14H15N3O3S2. The summed E-state index contributed by atoms with van der Waals surface area (Å²) in [5.41, 5.74) is 0.921. The van der Waals surface area contributed by atoms with Gasteiger partial charge in [0.1, 0.15) is 0 Å². The number of carbonyl (C=O) groups excluding carboxylic acids is 1. The van der Waals surface area contributed by atoms with Gasteiger partial charge < -0.3 is 5.32 Å². The summed E-state index contributed by atoms with van der Waals surface area (Å²) >= 11 is 1.29. The highest BCUT2D eigenvalue weighted by Crippen LogP contribution is 2.20. The van der Waals surface area contributed by atoms with Crippen LogP contribution >= 0.6 is 11.8 Å². The van der Waals surface area contributed by atoms with E-state index in [1.807, 2.05) is 12.1 Å². The summed E-state index contributed by atoms with van der Waals surface area (Å²) < 4.78 is 22.9. The quantitative estimate of drug-likeness (QED) is 0.810. The van der Waals surface area contributed by atoms with Gasteiger partial charge in [0, 0.05) is 11.9 Å². The van der Waals surface area contributed by atoms with Crippen molar-refractivity contribution >= 4 is 33.4 Å². The van der Waals surface area contributed by atoms with Crippen LogP contribution in [0.4, 0.5) is 5.69 Å². The summed E-state index contributed by atoms with van der Waals surface area (Å²) in [4.78, 5) is 16.0. The first-order valence-electron chi connectivity index (χ1n) is 6.33. The Morgan fingerprint density at radius 2 is 2.09 bits per heavy atom. The normalized spacial score (nSPS) is 11.2. The molecule has 0 atom stereocenters. The fourth-order valence-electron chi connectivity index (χ4n) is 1.75. The van der Waals surface area contributed by atoms with Crippen LogP contribution < -0.4 is 10.5 Å². The third-order valence-corrected chi connectivity index (χ3v) is 4.76. The zero-order chi connectivity index (χ0) is 16.2. The molecule has 0 saturated carbocycles. The summed E-state index contributed by atoms with van der Waals surface area (Å²) in [7, 11) is -3.81. The van der Waals surface area contributed by atoms with Gasteiger partial charge in [0.05, 0.1) is 15.7 Å². The van der Waals surface area contributed by atoms with E-state index in [1.54, 1.807) is 31.3 Å². The second kappa shape index (κ2) is 6.91. The van der Waals surface area contributed by atoms with Crippen molar-refractivity contribution in [1.82, 2.24) is 4.98 Å². The number of nitrogens with one attached hydrogen (secondary N) is 1. The van der Waals surface area contributed by atoms with Crippen molar-refractivity contribution in [3.63, 3.8) is 0 Å². The third kappa shape index (κ3) is 4.55. The van der Waals surface area contributed by atoms with E-state index in [0.29, 0.717) is 11.3 Å². The Labute approximate surface area is 133 Å². The second-order valence-electron chi connectivity index (χ2n) is 4.53. The molecule has 0 aliphatic heterocycles. The first kappa shape index (κ1) is 16.5. The van der Waals surface area contributed by atoms with Gasteiger partial charge in [-0.1, -0.05) is 23.9 Å². The molecule has 0 radical (unpaired) electrons. The van der Waals surface area contributed by atoms with Crippen molar-refractivity contribution in [3.05, 3.63) is 48.2 Å². The van der Waals surface area contributed by atoms with Crippen molar-refractivity contribution in [2.45, 2.75) is 16.8 Å². The minimum Gasteiger partial charge on any atom is -0.325 e. The molecule has 0 fully saturated rings. The predicted molar refractivity (Wildman–Crippen MR) is 86.1 cm³/mol. The molecule has 1 heterocycles. The van der Waals surface area contributed by atoms with Crippen molar-refractivity contribution in [3.8, 4) is 0 Å². The standard InChI is InChI=1S/C14H15N3O3S2/c1-10-5-6-11(8-12(10)22(15,19)20)17-13(18)9-21-14-4-2-3-7-16-14/h2-8H,9H2,1H3,(H,17,18)(H2,15,19,20). The number of thioether (sulfide) groups is 1. The Balaban J connectivity index is 2.03. The minimum atomic E-state index is -3.81. The van der Waals surface area contributed by atoms with Gasteiger partial charge in [0.2, 0.25) is 15.9 Å². The Bertz CT molecular complexity index is 777. The van der Waals surface area contributed by atoms with Crippen LogP contribution in [-0.4, -0.2) is 25.1 Å². The molecule has 0 aliphatic carbocycles. The Morgan fingerprint density at radius 3 is 2.73 bits per heavy atom. The Hall–Kier alpha value is -1.90. The van der Waals surface area contributed by atoms with Crippen LogP contribution in [0.5, 0.6) is 0 Å². The van der Waals surface area contributed by atoms with Crippen LogP contribution in [0.2, 0.25) is 0 Å². The molecule has 22 heavy (non-hydrogen) atoms. The number of pyridine rings is 1. The van der Waals surface area contributed by atoms with Crippen LogP contribution in [0.25, 0.3) is 0 Å². The molecule has 1 aromatic carbocycles. The second-order valence-corrected chi connectivity index (χ2v) is 7.06. The Kier molecular flexibility index (Phi) is 5.17. The summed E-state index contributed by atoms with van der Waals surface area (Å²) in [6.45, 7) is 1.64. The number of aromatic nitrogens is 1. The summed E-state index contributed by atoms with van der Waals surface area (Å²) in [5.74, 6) is -0.0739. The Morgan fingerprint density at radius 1 is 1.32 bits per heavy atom. The number of sulfonamides is 1. The van der Waals surface area contributed by atoms with Gasteiger partial charge in [-0.2, -0.15) is 0 Å². The first-order chi connectivity index (χ1) is 10.4. The number of hydrogen-bond acceptors (Lipinski definition) is 5. The highest BCUT2D eigenvalue weighted by molar-refractivity contribution is 7.99. The molecule has 0 spiro atoms. The molecule has 0 unspecified atom stereocenters. The number of nitrogens with zero attached hydrogens (tertiary/aromatic N) is 1. The lowest BCUT2D eigenvalue weighted by Gasteiger charge is -2.08. The molecule has 3 N–H and O–H groups in total. The number of primary sulfonamides is 1. The molecule has 2 rings (SSSR count). The van der Waals surface area contributed by atoms with E-state index in [9.17, 15) is 13.2 Å². The number of rotatable bonds is 5. The smallest absolute Gasteiger partial charge is 0.238 e. The van der Waals surface area contributed by atoms with E-state index in [2.05, 4.69) is 10.3 Å². The topological polar surface area (TPSA) is 102 Å². The lowest BCUT2D eigenvalue weighted by molar-refractivity contribution is -0.113. The highest BCUT2D eigenvalue weighted by atomic mass is 32.2. The summed E-state index contributed by atoms with van der Waals surface area (Å²) in [5, 5.41) is 8.53. The molecule has 1 amide bonds. The minimum absolute atomic E-state index is 0.00248. The maximum Gasteiger partial charge on any atom is 0.238 e. The summed E-state index contributed by atoms with van der Waals surface area (Å²) in [6.07, 6.45) is 1.65. The van der Waals surface area contributed by atoms with Crippen LogP contribution in [0.15, 0.2) is 52.5 Å². The maximum absolute atomic E-state index is 11.9. The monoisotopic (exact) mass is 337 g/mol. The van der Waals surface area contributed by atoms with E-state index >= 15 is 0 Å². The largest absolute Gasteiger partial charge is 0.325 e. The fourth-order valence-corrected chi connectivity index (χ4v) is 3.22. The van der Waals surface area contributed by atoms with Crippen LogP contribution in [-0.2, 0) is 14.8 Å². The van der Waals surface area contributed by atoms with E-state index < -0.39 is 10.0 Å². The lowest BCUT2D eigenvalue weighted by Crippen LogP contribution is -2.17. The number of amides is 1. The van der Waals surface area contributed by atoms with Gasteiger partial charge in [0.25, 0.3) is 0 Å². The highest BCUT2D eigenvalue weighted by Gasteiger charge is 2.13. The number of benzene rings is 1. The van der Waals surface area contributed by atoms with Gasteiger partial charge in [-0.05, 0) is 36.8 Å². The molecule has 0 aliphatic rings. The number of anilines is 1. The van der Waals surface area contributed by atoms with Crippen LogP contribution in [0.3, 0.4) is 0 Å². The number of carbonyl (C=O) groups is 1. The van der Waals surface area contributed by atoms with Crippen molar-refractivity contribution in [1.29, 1.82) is 0 Å². The predicted octanol–water partition coefficient (Wildman–Crippen LogP) is 1.77. The molecule has 0 saturated heterocycles. The SMILES string of the molecule is Cc1ccc(NC(=O)CSc2ccccn2)cc1S(N)(=O)=O. The number of nitrogens with two attached hydrogens (primary N) is 1. The molecular weight excluding hydrogens is 322 g/mol. The van der Waals surface area contributed by atoms with Crippen molar-refractivity contribution in [2.24, 2.45) is 5.14 Å². The molecule has 2 aromatic rings. The molecule has 6 nitrogen and oxygen atoms in total. The molecule has 8 heteroatoms. The van der Waals surface area contributed by atoms with Crippen molar-refractivity contribution < 1.29 is 13.2 Å². The van der Waals surface area contributed by atoms with E-state index in [1.165, 1.54) is 17.8 Å². The first-order valence-corrected chi connectivity index (χ1v) is 8.86. The van der Waals surface area contributed by atoms with Gasteiger partial charge in [-0.15, -0.1) is 0 Å². The fraction of sp³-hybridized carbons (Fsp3) is 0.143. The molecule has 1 aromatic heterocycles. The van der Waals surface area contributed by atoms with E-state index in [4.69, 9.17) is 5.14 Å². The zero-order valence-corrected chi connectivity index (χ0v) is 13.4. The van der Waals surface area contributed by atoms with Crippen molar-refractivity contribution in [2.75, 3.05) is 11.1 Å². The number of aryl methyl sites for hydroxylation is 1. The average molecular weight is 337 g/mol. The summed E-state index contributed by atoms with van der Waals surface area (Å²) in [6, 6.07) is 10.0. The zero-order valence-electron chi connectivity index (χ0n) is 11.8. The lowest BCUT2D eigenvalue weighted by atomic mass is 10.2. The third-order valence-electron chi connectivity index (χ3n) is 2.77. The van der Waals surface area contributed by atoms with Crippen LogP contribution in [0, 0.1) is 6.92 Å². The van der Waals surface area contributed by atoms with Gasteiger partial charge in [-0.25, -0.2) is 18.5 Å².